The molecular weight excluding hydrogens is 453 g/mol. The van der Waals surface area contributed by atoms with E-state index in [1.807, 2.05) is 6.07 Å². The van der Waals surface area contributed by atoms with E-state index >= 15 is 0 Å². The quantitative estimate of drug-likeness (QED) is 0.348. The summed E-state index contributed by atoms with van der Waals surface area (Å²) in [5, 5.41) is 5.19. The number of nitrogens with zero attached hydrogens (tertiary/aromatic N) is 3. The van der Waals surface area contributed by atoms with E-state index in [1.54, 1.807) is 48.7 Å². The molecular formula is C26H20FN3O5. The van der Waals surface area contributed by atoms with Crippen molar-refractivity contribution in [3.05, 3.63) is 83.0 Å². The van der Waals surface area contributed by atoms with Crippen LogP contribution in [0.5, 0.6) is 17.2 Å². The maximum Gasteiger partial charge on any atom is 0.262 e. The fraction of sp³-hybridized carbons (Fsp3) is 0.115. The van der Waals surface area contributed by atoms with Gasteiger partial charge in [0.05, 0.1) is 32.6 Å². The summed E-state index contributed by atoms with van der Waals surface area (Å²) in [6.45, 7) is 0. The maximum absolute atomic E-state index is 13.9. The highest BCUT2D eigenvalue weighted by Gasteiger charge is 2.20. The first-order valence-corrected chi connectivity index (χ1v) is 10.6. The zero-order valence-electron chi connectivity index (χ0n) is 19.1. The molecule has 0 saturated heterocycles. The minimum absolute atomic E-state index is 0.190. The zero-order chi connectivity index (χ0) is 24.5. The van der Waals surface area contributed by atoms with Crippen molar-refractivity contribution in [2.24, 2.45) is 0 Å². The lowest BCUT2D eigenvalue weighted by Gasteiger charge is -2.12. The number of ether oxygens (including phenoxy) is 3. The molecule has 3 aromatic carbocycles. The number of hydrogen-bond donors (Lipinski definition) is 0. The molecule has 0 atom stereocenters. The van der Waals surface area contributed by atoms with Gasteiger partial charge in [-0.1, -0.05) is 29.4 Å². The van der Waals surface area contributed by atoms with Crippen molar-refractivity contribution in [3.63, 3.8) is 0 Å². The number of halogens is 1. The molecule has 5 rings (SSSR count). The van der Waals surface area contributed by atoms with Crippen LogP contribution in [0.4, 0.5) is 4.39 Å². The number of aromatic nitrogens is 3. The van der Waals surface area contributed by atoms with E-state index in [2.05, 4.69) is 10.1 Å². The lowest BCUT2D eigenvalue weighted by molar-refractivity contribution is 0.324. The summed E-state index contributed by atoms with van der Waals surface area (Å²) in [4.78, 5) is 17.8. The minimum atomic E-state index is -0.452. The summed E-state index contributed by atoms with van der Waals surface area (Å²) in [5.41, 5.74) is 1.19. The highest BCUT2D eigenvalue weighted by Crippen LogP contribution is 2.41. The zero-order valence-corrected chi connectivity index (χ0v) is 19.1. The van der Waals surface area contributed by atoms with Gasteiger partial charge < -0.3 is 18.7 Å². The third-order valence-electron chi connectivity index (χ3n) is 5.59. The molecule has 2 aromatic heterocycles. The second-order valence-electron chi connectivity index (χ2n) is 7.58. The first kappa shape index (κ1) is 22.1. The monoisotopic (exact) mass is 473 g/mol. The standard InChI is InChI=1S/C26H20FN3O5/c1-32-21-11-15(12-22(33-2)23(21)34-3)24-28-25(35-29-24)20-14-30(17-8-6-7-16(27)13-17)26(31)19-10-5-4-9-18(19)20/h4-14H,1-3H3. The normalized spacial score (nSPS) is 11.0. The van der Waals surface area contributed by atoms with Crippen molar-refractivity contribution in [1.82, 2.24) is 14.7 Å². The summed E-state index contributed by atoms with van der Waals surface area (Å²) in [6, 6.07) is 16.3. The maximum atomic E-state index is 13.9. The molecule has 5 aromatic rings. The van der Waals surface area contributed by atoms with Gasteiger partial charge in [-0.15, -0.1) is 0 Å². The summed E-state index contributed by atoms with van der Waals surface area (Å²) in [7, 11) is 4.56. The number of rotatable bonds is 6. The molecule has 2 heterocycles. The smallest absolute Gasteiger partial charge is 0.262 e. The average molecular weight is 473 g/mol. The molecule has 0 radical (unpaired) electrons. The summed E-state index contributed by atoms with van der Waals surface area (Å²) >= 11 is 0. The Hall–Kier alpha value is -4.66. The fourth-order valence-corrected chi connectivity index (χ4v) is 3.94. The van der Waals surface area contributed by atoms with Gasteiger partial charge in [0.1, 0.15) is 5.82 Å². The predicted octanol–water partition coefficient (Wildman–Crippen LogP) is 4.87. The Morgan fingerprint density at radius 1 is 0.886 bits per heavy atom. The lowest BCUT2D eigenvalue weighted by atomic mass is 10.1. The Balaban J connectivity index is 1.69. The van der Waals surface area contributed by atoms with Gasteiger partial charge in [-0.2, -0.15) is 4.98 Å². The van der Waals surface area contributed by atoms with Gasteiger partial charge in [0.25, 0.3) is 11.4 Å². The molecule has 8 nitrogen and oxygen atoms in total. The van der Waals surface area contributed by atoms with Crippen LogP contribution in [0.2, 0.25) is 0 Å². The molecule has 0 aliphatic rings. The predicted molar refractivity (Wildman–Crippen MR) is 128 cm³/mol. The van der Waals surface area contributed by atoms with Crippen LogP contribution in [0, 0.1) is 5.82 Å². The van der Waals surface area contributed by atoms with Crippen molar-refractivity contribution in [2.45, 2.75) is 0 Å². The summed E-state index contributed by atoms with van der Waals surface area (Å²) < 4.78 is 37.1. The minimum Gasteiger partial charge on any atom is -0.493 e. The van der Waals surface area contributed by atoms with E-state index in [4.69, 9.17) is 18.7 Å². The molecule has 176 valence electrons. The molecule has 0 aliphatic carbocycles. The number of benzene rings is 3. The van der Waals surface area contributed by atoms with Crippen LogP contribution in [-0.4, -0.2) is 36.0 Å². The van der Waals surface area contributed by atoms with Gasteiger partial charge in [-0.25, -0.2) is 4.39 Å². The molecule has 0 bridgehead atoms. The lowest BCUT2D eigenvalue weighted by Crippen LogP contribution is -2.18. The first-order chi connectivity index (χ1) is 17.0. The van der Waals surface area contributed by atoms with Crippen molar-refractivity contribution in [2.75, 3.05) is 21.3 Å². The van der Waals surface area contributed by atoms with Gasteiger partial charge in [0, 0.05) is 22.5 Å². The molecule has 0 N–H and O–H groups in total. The number of hydrogen-bond acceptors (Lipinski definition) is 7. The van der Waals surface area contributed by atoms with Gasteiger partial charge in [-0.05, 0) is 36.4 Å². The van der Waals surface area contributed by atoms with Crippen LogP contribution in [0.25, 0.3) is 39.3 Å². The third kappa shape index (κ3) is 3.86. The number of fused-ring (bicyclic) bond motifs is 1. The van der Waals surface area contributed by atoms with Crippen molar-refractivity contribution in [1.29, 1.82) is 0 Å². The highest BCUT2D eigenvalue weighted by molar-refractivity contribution is 5.94. The molecule has 0 amide bonds. The highest BCUT2D eigenvalue weighted by atomic mass is 19.1. The number of methoxy groups -OCH3 is 3. The molecule has 35 heavy (non-hydrogen) atoms. The largest absolute Gasteiger partial charge is 0.493 e. The van der Waals surface area contributed by atoms with Crippen molar-refractivity contribution >= 4 is 10.8 Å². The van der Waals surface area contributed by atoms with Gasteiger partial charge in [0.2, 0.25) is 11.6 Å². The van der Waals surface area contributed by atoms with Gasteiger partial charge in [-0.3, -0.25) is 9.36 Å². The summed E-state index contributed by atoms with van der Waals surface area (Å²) in [6.07, 6.45) is 1.58. The van der Waals surface area contributed by atoms with Crippen molar-refractivity contribution < 1.29 is 23.1 Å². The second-order valence-corrected chi connectivity index (χ2v) is 7.58. The van der Waals surface area contributed by atoms with Crippen LogP contribution < -0.4 is 19.8 Å². The Kier molecular flexibility index (Phi) is 5.66. The average Bonchev–Trinajstić information content (AvgIpc) is 3.38. The van der Waals surface area contributed by atoms with Crippen molar-refractivity contribution in [3.8, 4) is 45.8 Å². The molecule has 0 aliphatic heterocycles. The Bertz CT molecular complexity index is 1580. The van der Waals surface area contributed by atoms with E-state index < -0.39 is 5.82 Å². The SMILES string of the molecule is COc1cc(-c2noc(-c3cn(-c4cccc(F)c4)c(=O)c4ccccc34)n2)cc(OC)c1OC. The first-order valence-electron chi connectivity index (χ1n) is 10.6. The molecule has 0 spiro atoms. The van der Waals surface area contributed by atoms with Gasteiger partial charge >= 0.3 is 0 Å². The molecule has 0 saturated carbocycles. The van der Waals surface area contributed by atoms with Crippen LogP contribution in [0.3, 0.4) is 0 Å². The Labute approximate surface area is 199 Å². The summed E-state index contributed by atoms with van der Waals surface area (Å²) in [5.74, 6) is 1.35. The van der Waals surface area contributed by atoms with E-state index in [0.717, 1.165) is 0 Å². The Morgan fingerprint density at radius 3 is 2.26 bits per heavy atom. The topological polar surface area (TPSA) is 88.6 Å². The van der Waals surface area contributed by atoms with E-state index in [-0.39, 0.29) is 17.3 Å². The Morgan fingerprint density at radius 2 is 1.60 bits per heavy atom. The van der Waals surface area contributed by atoms with E-state index in [0.29, 0.717) is 44.8 Å². The van der Waals surface area contributed by atoms with Crippen LogP contribution in [0.1, 0.15) is 0 Å². The number of pyridine rings is 1. The second kappa shape index (κ2) is 8.94. The van der Waals surface area contributed by atoms with E-state index in [1.165, 1.54) is 38.0 Å². The fourth-order valence-electron chi connectivity index (χ4n) is 3.94. The van der Waals surface area contributed by atoms with Gasteiger partial charge in [0.15, 0.2) is 11.5 Å². The molecule has 0 unspecified atom stereocenters. The van der Waals surface area contributed by atoms with E-state index in [9.17, 15) is 9.18 Å². The molecule has 9 heteroatoms. The third-order valence-corrected chi connectivity index (χ3v) is 5.59. The van der Waals surface area contributed by atoms with Crippen LogP contribution in [-0.2, 0) is 0 Å². The van der Waals surface area contributed by atoms with Crippen LogP contribution >= 0.6 is 0 Å². The van der Waals surface area contributed by atoms with Crippen LogP contribution in [0.15, 0.2) is 76.2 Å². The molecule has 0 fully saturated rings.